The van der Waals surface area contributed by atoms with Crippen molar-refractivity contribution in [3.8, 4) is 0 Å². The van der Waals surface area contributed by atoms with E-state index in [-0.39, 0.29) is 29.4 Å². The molecule has 2 fully saturated rings. The number of nitrogens with zero attached hydrogens (tertiary/aromatic N) is 1. The molecule has 6 heteroatoms. The van der Waals surface area contributed by atoms with E-state index < -0.39 is 9.84 Å². The zero-order valence-electron chi connectivity index (χ0n) is 10.2. The van der Waals surface area contributed by atoms with Gasteiger partial charge in [-0.2, -0.15) is 0 Å². The maximum Gasteiger partial charge on any atom is 0.227 e. The van der Waals surface area contributed by atoms with E-state index in [9.17, 15) is 13.2 Å². The summed E-state index contributed by atoms with van der Waals surface area (Å²) in [5.74, 6) is -0.0605. The first kappa shape index (κ1) is 12.8. The Morgan fingerprint density at radius 1 is 1.41 bits per heavy atom. The molecule has 2 saturated heterocycles. The summed E-state index contributed by atoms with van der Waals surface area (Å²) in [6, 6.07) is 0.246. The van der Waals surface area contributed by atoms with Gasteiger partial charge in [-0.1, -0.05) is 0 Å². The van der Waals surface area contributed by atoms with Gasteiger partial charge in [-0.3, -0.25) is 4.79 Å². The van der Waals surface area contributed by atoms with Crippen molar-refractivity contribution in [3.63, 3.8) is 0 Å². The third-order valence-electron chi connectivity index (χ3n) is 3.68. The average molecular weight is 260 g/mol. The minimum atomic E-state index is -2.97. The van der Waals surface area contributed by atoms with Gasteiger partial charge in [-0.25, -0.2) is 8.42 Å². The molecule has 0 aromatic heterocycles. The van der Waals surface area contributed by atoms with Crippen molar-refractivity contribution >= 4 is 15.7 Å². The summed E-state index contributed by atoms with van der Waals surface area (Å²) >= 11 is 0. The van der Waals surface area contributed by atoms with E-state index in [1.54, 1.807) is 0 Å². The molecule has 0 aromatic carbocycles. The Bertz CT molecular complexity index is 388. The number of carbonyl (C=O) groups excluding carboxylic acids is 1. The fourth-order valence-electron chi connectivity index (χ4n) is 2.72. The lowest BCUT2D eigenvalue weighted by molar-refractivity contribution is -0.136. The second-order valence-electron chi connectivity index (χ2n) is 4.87. The van der Waals surface area contributed by atoms with Crippen LogP contribution in [0.15, 0.2) is 0 Å². The minimum absolute atomic E-state index is 0.0299. The summed E-state index contributed by atoms with van der Waals surface area (Å²) in [5, 5.41) is 3.24. The van der Waals surface area contributed by atoms with E-state index in [0.29, 0.717) is 13.0 Å². The molecule has 2 rings (SSSR count). The van der Waals surface area contributed by atoms with Crippen molar-refractivity contribution in [1.29, 1.82) is 0 Å². The molecule has 0 bridgehead atoms. The third kappa shape index (κ3) is 2.80. The fourth-order valence-corrected chi connectivity index (χ4v) is 4.46. The van der Waals surface area contributed by atoms with Crippen LogP contribution in [0.25, 0.3) is 0 Å². The van der Waals surface area contributed by atoms with Crippen LogP contribution in [-0.2, 0) is 14.6 Å². The molecule has 0 radical (unpaired) electrons. The topological polar surface area (TPSA) is 66.5 Å². The van der Waals surface area contributed by atoms with E-state index in [0.717, 1.165) is 19.5 Å². The lowest BCUT2D eigenvalue weighted by Gasteiger charge is -2.29. The maximum atomic E-state index is 12.3. The standard InChI is InChI=1S/C11H20N2O3S/c1-2-13(10-3-5-12-7-10)11(14)9-4-6-17(15,16)8-9/h9-10,12H,2-8H2,1H3. The molecule has 0 spiro atoms. The predicted molar refractivity (Wildman–Crippen MR) is 65.4 cm³/mol. The first-order valence-corrected chi connectivity index (χ1v) is 8.07. The summed E-state index contributed by atoms with van der Waals surface area (Å²) in [4.78, 5) is 14.1. The van der Waals surface area contributed by atoms with Crippen molar-refractivity contribution in [3.05, 3.63) is 0 Å². The van der Waals surface area contributed by atoms with Gasteiger partial charge in [0.05, 0.1) is 17.4 Å². The van der Waals surface area contributed by atoms with Crippen LogP contribution in [-0.4, -0.2) is 56.4 Å². The van der Waals surface area contributed by atoms with Gasteiger partial charge >= 0.3 is 0 Å². The SMILES string of the molecule is CCN(C(=O)C1CCS(=O)(=O)C1)C1CCNC1. The van der Waals surface area contributed by atoms with Crippen LogP contribution in [0.1, 0.15) is 19.8 Å². The lowest BCUT2D eigenvalue weighted by atomic mass is 10.1. The monoisotopic (exact) mass is 260 g/mol. The van der Waals surface area contributed by atoms with Crippen LogP contribution in [0.2, 0.25) is 0 Å². The van der Waals surface area contributed by atoms with Gasteiger partial charge in [0.1, 0.15) is 0 Å². The Labute approximate surface area is 102 Å². The number of sulfone groups is 1. The highest BCUT2D eigenvalue weighted by Crippen LogP contribution is 2.22. The van der Waals surface area contributed by atoms with E-state index in [2.05, 4.69) is 5.32 Å². The molecule has 2 heterocycles. The Morgan fingerprint density at radius 3 is 2.65 bits per heavy atom. The van der Waals surface area contributed by atoms with Crippen LogP contribution in [0, 0.1) is 5.92 Å². The first-order valence-electron chi connectivity index (χ1n) is 6.25. The van der Waals surface area contributed by atoms with Gasteiger partial charge in [0.15, 0.2) is 9.84 Å². The van der Waals surface area contributed by atoms with Crippen molar-refractivity contribution in [2.45, 2.75) is 25.8 Å². The fraction of sp³-hybridized carbons (Fsp3) is 0.909. The highest BCUT2D eigenvalue weighted by Gasteiger charge is 2.37. The normalized spacial score (nSPS) is 31.6. The Hall–Kier alpha value is -0.620. The number of nitrogens with one attached hydrogen (secondary N) is 1. The molecular formula is C11H20N2O3S. The number of amides is 1. The number of carbonyl (C=O) groups is 1. The highest BCUT2D eigenvalue weighted by molar-refractivity contribution is 7.91. The maximum absolute atomic E-state index is 12.3. The Morgan fingerprint density at radius 2 is 2.18 bits per heavy atom. The minimum Gasteiger partial charge on any atom is -0.338 e. The molecule has 2 aliphatic rings. The number of rotatable bonds is 3. The van der Waals surface area contributed by atoms with Gasteiger partial charge in [0.25, 0.3) is 0 Å². The van der Waals surface area contributed by atoms with Crippen LogP contribution in [0.5, 0.6) is 0 Å². The Balaban J connectivity index is 2.02. The predicted octanol–water partition coefficient (Wildman–Crippen LogP) is -0.368. The quantitative estimate of drug-likeness (QED) is 0.752. The van der Waals surface area contributed by atoms with Gasteiger partial charge in [-0.15, -0.1) is 0 Å². The van der Waals surface area contributed by atoms with E-state index in [1.807, 2.05) is 11.8 Å². The van der Waals surface area contributed by atoms with Crippen molar-refractivity contribution in [2.24, 2.45) is 5.92 Å². The lowest BCUT2D eigenvalue weighted by Crippen LogP contribution is -2.44. The van der Waals surface area contributed by atoms with Crippen LogP contribution in [0.4, 0.5) is 0 Å². The zero-order valence-corrected chi connectivity index (χ0v) is 11.0. The molecule has 2 aliphatic heterocycles. The molecule has 5 nitrogen and oxygen atoms in total. The molecule has 98 valence electrons. The van der Waals surface area contributed by atoms with E-state index in [1.165, 1.54) is 0 Å². The molecule has 1 amide bonds. The summed E-state index contributed by atoms with van der Waals surface area (Å²) in [6.07, 6.45) is 1.47. The zero-order chi connectivity index (χ0) is 12.5. The molecule has 0 saturated carbocycles. The van der Waals surface area contributed by atoms with Crippen LogP contribution in [0.3, 0.4) is 0 Å². The Kier molecular flexibility index (Phi) is 3.73. The van der Waals surface area contributed by atoms with Gasteiger partial charge in [-0.05, 0) is 26.3 Å². The van der Waals surface area contributed by atoms with Crippen molar-refractivity contribution < 1.29 is 13.2 Å². The van der Waals surface area contributed by atoms with Crippen LogP contribution >= 0.6 is 0 Å². The van der Waals surface area contributed by atoms with Crippen molar-refractivity contribution in [1.82, 2.24) is 10.2 Å². The highest BCUT2D eigenvalue weighted by atomic mass is 32.2. The van der Waals surface area contributed by atoms with E-state index in [4.69, 9.17) is 0 Å². The largest absolute Gasteiger partial charge is 0.338 e. The number of hydrogen-bond donors (Lipinski definition) is 1. The average Bonchev–Trinajstić information content (AvgIpc) is 2.88. The van der Waals surface area contributed by atoms with Gasteiger partial charge in [0, 0.05) is 19.1 Å². The summed E-state index contributed by atoms with van der Waals surface area (Å²) in [5.41, 5.74) is 0. The second kappa shape index (κ2) is 4.94. The third-order valence-corrected chi connectivity index (χ3v) is 5.45. The van der Waals surface area contributed by atoms with E-state index >= 15 is 0 Å². The number of hydrogen-bond acceptors (Lipinski definition) is 4. The summed E-state index contributed by atoms with van der Waals surface area (Å²) < 4.78 is 22.8. The van der Waals surface area contributed by atoms with Crippen LogP contribution < -0.4 is 5.32 Å². The molecule has 0 aliphatic carbocycles. The summed E-state index contributed by atoms with van der Waals surface area (Å²) in [6.45, 7) is 4.40. The molecular weight excluding hydrogens is 240 g/mol. The molecule has 2 atom stereocenters. The van der Waals surface area contributed by atoms with Crippen molar-refractivity contribution in [2.75, 3.05) is 31.1 Å². The van der Waals surface area contributed by atoms with Gasteiger partial charge in [0.2, 0.25) is 5.91 Å². The first-order chi connectivity index (χ1) is 8.03. The molecule has 0 aromatic rings. The molecule has 1 N–H and O–H groups in total. The molecule has 17 heavy (non-hydrogen) atoms. The summed E-state index contributed by atoms with van der Waals surface area (Å²) in [7, 11) is -2.97. The molecule has 2 unspecified atom stereocenters. The second-order valence-corrected chi connectivity index (χ2v) is 7.10. The number of likely N-dealkylation sites (N-methyl/N-ethyl adjacent to an activating group) is 1. The van der Waals surface area contributed by atoms with Gasteiger partial charge < -0.3 is 10.2 Å². The smallest absolute Gasteiger partial charge is 0.227 e.